The number of benzene rings is 4. The lowest BCUT2D eigenvalue weighted by Crippen LogP contribution is -1.84. The highest BCUT2D eigenvalue weighted by Crippen LogP contribution is 2.37. The SMILES string of the molecule is Brc1ccc(C(Br)Br)c2ccccc12.Cc1ccc(Br)c2ccccc12.ClC(Cl)(Cl)Cl. The summed E-state index contributed by atoms with van der Waals surface area (Å²) in [6, 6.07) is 25.2. The Bertz CT molecular complexity index is 1110. The van der Waals surface area contributed by atoms with Crippen LogP contribution in [0.3, 0.4) is 0 Å². The third-order valence-electron chi connectivity index (χ3n) is 4.23. The molecular weight excluding hydrogens is 738 g/mol. The molecule has 4 aromatic rings. The summed E-state index contributed by atoms with van der Waals surface area (Å²) in [6.45, 7) is 2.13. The molecule has 0 atom stereocenters. The average molecular weight is 754 g/mol. The highest BCUT2D eigenvalue weighted by molar-refractivity contribution is 9.24. The summed E-state index contributed by atoms with van der Waals surface area (Å²) in [6.07, 6.45) is 0. The summed E-state index contributed by atoms with van der Waals surface area (Å²) in [4.78, 5) is 0. The van der Waals surface area contributed by atoms with Gasteiger partial charge in [-0.1, -0.05) is 171 Å². The van der Waals surface area contributed by atoms with Crippen molar-refractivity contribution < 1.29 is 0 Å². The number of hydrogen-bond acceptors (Lipinski definition) is 0. The first-order chi connectivity index (χ1) is 14.5. The second-order valence-corrected chi connectivity index (χ2v) is 14.5. The van der Waals surface area contributed by atoms with E-state index >= 15 is 0 Å². The molecule has 8 heteroatoms. The van der Waals surface area contributed by atoms with Crippen molar-refractivity contribution in [1.82, 2.24) is 0 Å². The number of halogens is 8. The van der Waals surface area contributed by atoms with Crippen molar-refractivity contribution in [3.63, 3.8) is 0 Å². The monoisotopic (exact) mass is 748 g/mol. The molecule has 0 bridgehead atoms. The largest absolute Gasteiger partial charge is 0.266 e. The maximum absolute atomic E-state index is 4.83. The lowest BCUT2D eigenvalue weighted by Gasteiger charge is -2.08. The minimum Gasteiger partial charge on any atom is -0.0712 e. The van der Waals surface area contributed by atoms with Crippen LogP contribution in [-0.4, -0.2) is 3.25 Å². The van der Waals surface area contributed by atoms with E-state index in [1.54, 1.807) is 0 Å². The lowest BCUT2D eigenvalue weighted by molar-refractivity contribution is 1.47. The number of aryl methyl sites for hydroxylation is 1. The minimum atomic E-state index is -1.61. The van der Waals surface area contributed by atoms with Gasteiger partial charge in [-0.3, -0.25) is 0 Å². The highest BCUT2D eigenvalue weighted by atomic mass is 79.9. The molecule has 4 rings (SSSR count). The predicted molar refractivity (Wildman–Crippen MR) is 155 cm³/mol. The summed E-state index contributed by atoms with van der Waals surface area (Å²) in [5.41, 5.74) is 2.58. The number of rotatable bonds is 1. The van der Waals surface area contributed by atoms with Gasteiger partial charge in [-0.15, -0.1) is 0 Å². The van der Waals surface area contributed by atoms with Gasteiger partial charge in [0.2, 0.25) is 0 Å². The summed E-state index contributed by atoms with van der Waals surface area (Å²) >= 11 is 33.4. The number of alkyl halides is 6. The Labute approximate surface area is 236 Å². The average Bonchev–Trinajstić information content (AvgIpc) is 2.71. The molecule has 0 aliphatic heterocycles. The fourth-order valence-electron chi connectivity index (χ4n) is 2.89. The van der Waals surface area contributed by atoms with Crippen LogP contribution in [0.4, 0.5) is 0 Å². The van der Waals surface area contributed by atoms with Crippen LogP contribution in [0, 0.1) is 6.92 Å². The van der Waals surface area contributed by atoms with Gasteiger partial charge in [0.1, 0.15) is 0 Å². The van der Waals surface area contributed by atoms with Crippen LogP contribution >= 0.6 is 110 Å². The normalized spacial score (nSPS) is 11.0. The van der Waals surface area contributed by atoms with Crippen LogP contribution in [-0.2, 0) is 0 Å². The van der Waals surface area contributed by atoms with Gasteiger partial charge in [-0.25, -0.2) is 0 Å². The van der Waals surface area contributed by atoms with Crippen molar-refractivity contribution in [3.8, 4) is 0 Å². The zero-order chi connectivity index (χ0) is 23.2. The van der Waals surface area contributed by atoms with E-state index in [0.29, 0.717) is 0 Å². The van der Waals surface area contributed by atoms with Gasteiger partial charge in [0.25, 0.3) is 3.25 Å². The molecule has 0 saturated heterocycles. The van der Waals surface area contributed by atoms with E-state index in [0.717, 1.165) is 4.47 Å². The molecule has 164 valence electrons. The van der Waals surface area contributed by atoms with Crippen LogP contribution in [0.2, 0.25) is 0 Å². The van der Waals surface area contributed by atoms with Crippen molar-refractivity contribution in [2.24, 2.45) is 0 Å². The topological polar surface area (TPSA) is 0 Å². The molecule has 0 spiro atoms. The van der Waals surface area contributed by atoms with Crippen molar-refractivity contribution in [1.29, 1.82) is 0 Å². The third kappa shape index (κ3) is 8.98. The van der Waals surface area contributed by atoms with E-state index in [1.807, 2.05) is 6.07 Å². The Hall–Kier alpha value is 0.480. The molecule has 0 aliphatic rings. The van der Waals surface area contributed by atoms with E-state index in [4.69, 9.17) is 46.4 Å². The second-order valence-electron chi connectivity index (χ2n) is 6.32. The Morgan fingerprint density at radius 1 is 0.613 bits per heavy atom. The summed E-state index contributed by atoms with van der Waals surface area (Å²) in [7, 11) is 0. The standard InChI is InChI=1S/C11H7Br3.C11H9Br.CCl4/c12-10-6-5-9(11(13)14)7-3-1-2-4-8(7)10;1-8-6-7-11(12)10-5-3-2-4-9(8)10;2-1(3,4)5/h1-6,11H;2-7H,1H3;. The zero-order valence-electron chi connectivity index (χ0n) is 16.0. The van der Waals surface area contributed by atoms with Crippen LogP contribution in [0.5, 0.6) is 0 Å². The molecular formula is C23H16Br4Cl4. The molecule has 4 aromatic carbocycles. The molecule has 0 radical (unpaired) electrons. The molecule has 0 amide bonds. The molecule has 0 fully saturated rings. The van der Waals surface area contributed by atoms with Crippen molar-refractivity contribution in [2.45, 2.75) is 13.9 Å². The fourth-order valence-corrected chi connectivity index (χ4v) is 4.64. The zero-order valence-corrected chi connectivity index (χ0v) is 25.4. The third-order valence-corrected chi connectivity index (χ3v) is 6.60. The van der Waals surface area contributed by atoms with E-state index in [1.165, 1.54) is 37.1 Å². The van der Waals surface area contributed by atoms with Crippen LogP contribution in [0.15, 0.2) is 81.7 Å². The van der Waals surface area contributed by atoms with Crippen LogP contribution in [0.1, 0.15) is 14.9 Å². The van der Waals surface area contributed by atoms with Crippen LogP contribution in [0.25, 0.3) is 21.5 Å². The Morgan fingerprint density at radius 2 is 1.00 bits per heavy atom. The van der Waals surface area contributed by atoms with Crippen molar-refractivity contribution in [3.05, 3.63) is 92.9 Å². The van der Waals surface area contributed by atoms with Gasteiger partial charge in [0.05, 0.1) is 3.74 Å². The first-order valence-electron chi connectivity index (χ1n) is 8.84. The fraction of sp³-hybridized carbons (Fsp3) is 0.130. The highest BCUT2D eigenvalue weighted by Gasteiger charge is 2.11. The van der Waals surface area contributed by atoms with Gasteiger partial charge >= 0.3 is 0 Å². The summed E-state index contributed by atoms with van der Waals surface area (Å²) in [5.74, 6) is 0. The molecule has 0 N–H and O–H groups in total. The molecule has 0 aromatic heterocycles. The van der Waals surface area contributed by atoms with E-state index in [2.05, 4.69) is 137 Å². The molecule has 31 heavy (non-hydrogen) atoms. The van der Waals surface area contributed by atoms with E-state index < -0.39 is 3.25 Å². The van der Waals surface area contributed by atoms with Gasteiger partial charge in [0.15, 0.2) is 0 Å². The quantitative estimate of drug-likeness (QED) is 0.170. The predicted octanol–water partition coefficient (Wildman–Crippen LogP) is 11.9. The molecule has 0 saturated carbocycles. The van der Waals surface area contributed by atoms with E-state index in [-0.39, 0.29) is 3.74 Å². The molecule has 0 unspecified atom stereocenters. The van der Waals surface area contributed by atoms with Gasteiger partial charge in [0, 0.05) is 8.95 Å². The lowest BCUT2D eigenvalue weighted by atomic mass is 10.1. The van der Waals surface area contributed by atoms with Gasteiger partial charge in [-0.2, -0.15) is 0 Å². The van der Waals surface area contributed by atoms with Gasteiger partial charge in [-0.05, 0) is 51.7 Å². The van der Waals surface area contributed by atoms with E-state index in [9.17, 15) is 0 Å². The smallest absolute Gasteiger partial charge is 0.0712 e. The molecule has 0 nitrogen and oxygen atoms in total. The summed E-state index contributed by atoms with van der Waals surface area (Å²) < 4.78 is 0.897. The molecule has 0 heterocycles. The molecule has 0 aliphatic carbocycles. The maximum atomic E-state index is 4.83. The van der Waals surface area contributed by atoms with Gasteiger partial charge < -0.3 is 0 Å². The number of hydrogen-bond donors (Lipinski definition) is 0. The second kappa shape index (κ2) is 12.8. The van der Waals surface area contributed by atoms with Crippen molar-refractivity contribution >= 4 is 132 Å². The number of fused-ring (bicyclic) bond motifs is 2. The maximum Gasteiger partial charge on any atom is 0.266 e. The Morgan fingerprint density at radius 3 is 1.45 bits per heavy atom. The van der Waals surface area contributed by atoms with Crippen LogP contribution < -0.4 is 0 Å². The minimum absolute atomic E-state index is 0.202. The first kappa shape index (κ1) is 27.7. The Balaban J connectivity index is 0.000000184. The first-order valence-corrected chi connectivity index (χ1v) is 13.8. The van der Waals surface area contributed by atoms with Crippen molar-refractivity contribution in [2.75, 3.05) is 0 Å². The summed E-state index contributed by atoms with van der Waals surface area (Å²) in [5, 5.41) is 5.12. The Kier molecular flexibility index (Phi) is 11.5.